The lowest BCUT2D eigenvalue weighted by Gasteiger charge is -2.39. The van der Waals surface area contributed by atoms with Crippen LogP contribution in [0.5, 0.6) is 0 Å². The average molecular weight is 270 g/mol. The molecule has 2 atom stereocenters. The Morgan fingerprint density at radius 3 is 2.72 bits per heavy atom. The normalized spacial score (nSPS) is 24.5. The number of hydrogen-bond acceptors (Lipinski definition) is 4. The third kappa shape index (κ3) is 2.58. The molecule has 1 aromatic heterocycles. The predicted molar refractivity (Wildman–Crippen MR) is 70.9 cm³/mol. The molecule has 1 aliphatic rings. The van der Waals surface area contributed by atoms with Gasteiger partial charge in [-0.1, -0.05) is 32.0 Å². The molecular formula is C12H22N4OS. The van der Waals surface area contributed by atoms with E-state index >= 15 is 0 Å². The lowest BCUT2D eigenvalue weighted by atomic mass is 10.00. The quantitative estimate of drug-likeness (QED) is 0.834. The number of hydrogen-bond donors (Lipinski definition) is 1. The van der Waals surface area contributed by atoms with Crippen molar-refractivity contribution in [3.63, 3.8) is 0 Å². The van der Waals surface area contributed by atoms with E-state index in [1.807, 2.05) is 4.79 Å². The van der Waals surface area contributed by atoms with Crippen LogP contribution in [-0.2, 0) is 5.75 Å². The van der Waals surface area contributed by atoms with E-state index in [0.29, 0.717) is 12.1 Å². The van der Waals surface area contributed by atoms with Crippen LogP contribution < -0.4 is 20.6 Å². The lowest BCUT2D eigenvalue weighted by molar-refractivity contribution is -0.776. The molecule has 0 bridgehead atoms. The van der Waals surface area contributed by atoms with Gasteiger partial charge in [0.15, 0.2) is 0 Å². The van der Waals surface area contributed by atoms with Crippen LogP contribution in [0.25, 0.3) is 0 Å². The number of thioether (sulfide) groups is 1. The molecule has 1 saturated heterocycles. The lowest BCUT2D eigenvalue weighted by Crippen LogP contribution is -2.70. The second-order valence-corrected chi connectivity index (χ2v) is 6.16. The first kappa shape index (κ1) is 13.5. The molecule has 0 spiro atoms. The monoisotopic (exact) mass is 270 g/mol. The third-order valence-corrected chi connectivity index (χ3v) is 4.41. The molecule has 18 heavy (non-hydrogen) atoms. The van der Waals surface area contributed by atoms with Gasteiger partial charge in [0.05, 0.1) is 5.75 Å². The Labute approximate surface area is 112 Å². The van der Waals surface area contributed by atoms with Crippen molar-refractivity contribution >= 4 is 11.8 Å². The first-order chi connectivity index (χ1) is 8.65. The van der Waals surface area contributed by atoms with Crippen LogP contribution in [0.4, 0.5) is 0 Å². The van der Waals surface area contributed by atoms with Crippen LogP contribution in [0.15, 0.2) is 4.52 Å². The van der Waals surface area contributed by atoms with Crippen molar-refractivity contribution in [1.82, 2.24) is 5.27 Å². The molecule has 0 aromatic carbocycles. The molecule has 0 aliphatic carbocycles. The maximum absolute atomic E-state index is 7.83. The zero-order valence-corrected chi connectivity index (χ0v) is 12.2. The van der Waals surface area contributed by atoms with E-state index < -0.39 is 0 Å². The summed E-state index contributed by atoms with van der Waals surface area (Å²) < 4.78 is 5.07. The van der Waals surface area contributed by atoms with Gasteiger partial charge in [0.1, 0.15) is 0 Å². The summed E-state index contributed by atoms with van der Waals surface area (Å²) in [4.78, 5) is 1.83. The third-order valence-electron chi connectivity index (χ3n) is 3.52. The van der Waals surface area contributed by atoms with Crippen molar-refractivity contribution in [3.05, 3.63) is 11.2 Å². The second-order valence-electron chi connectivity index (χ2n) is 4.88. The second kappa shape index (κ2) is 5.82. The summed E-state index contributed by atoms with van der Waals surface area (Å²) in [5.74, 6) is 1.82. The Morgan fingerprint density at radius 2 is 2.11 bits per heavy atom. The van der Waals surface area contributed by atoms with Crippen molar-refractivity contribution in [3.8, 4) is 0 Å². The summed E-state index contributed by atoms with van der Waals surface area (Å²) in [6, 6.07) is 0.905. The van der Waals surface area contributed by atoms with Gasteiger partial charge in [0.2, 0.25) is 0 Å². The van der Waals surface area contributed by atoms with E-state index in [1.165, 1.54) is 19.3 Å². The van der Waals surface area contributed by atoms with Crippen molar-refractivity contribution < 1.29 is 9.31 Å². The number of aromatic nitrogens is 2. The Balaban J connectivity index is 2.28. The van der Waals surface area contributed by atoms with Crippen molar-refractivity contribution in [2.45, 2.75) is 57.9 Å². The van der Waals surface area contributed by atoms with Gasteiger partial charge >= 0.3 is 0 Å². The summed E-state index contributed by atoms with van der Waals surface area (Å²) in [7, 11) is 0. The summed E-state index contributed by atoms with van der Waals surface area (Å²) >= 11 is 1.79. The first-order valence-corrected chi connectivity index (χ1v) is 7.79. The van der Waals surface area contributed by atoms with Crippen molar-refractivity contribution in [2.24, 2.45) is 0 Å². The highest BCUT2D eigenvalue weighted by Gasteiger charge is 2.29. The molecule has 2 rings (SSSR count). The predicted octanol–water partition coefficient (Wildman–Crippen LogP) is 1.16. The van der Waals surface area contributed by atoms with Crippen molar-refractivity contribution in [2.75, 3.05) is 10.8 Å². The minimum atomic E-state index is 0.195. The van der Waals surface area contributed by atoms with E-state index in [9.17, 15) is 0 Å². The summed E-state index contributed by atoms with van der Waals surface area (Å²) in [6.45, 7) is 6.56. The Morgan fingerprint density at radius 1 is 1.44 bits per heavy atom. The molecule has 2 heterocycles. The van der Waals surface area contributed by atoms with Crippen LogP contribution in [0.1, 0.15) is 45.7 Å². The van der Waals surface area contributed by atoms with Crippen LogP contribution in [0, 0.1) is 5.41 Å². The SMILES string of the molecule is CCSCc1c(=N)o[n-][n+]1N1C(C)CCCC1C. The highest BCUT2D eigenvalue weighted by molar-refractivity contribution is 7.98. The van der Waals surface area contributed by atoms with Crippen LogP contribution in [0.2, 0.25) is 0 Å². The maximum Gasteiger partial charge on any atom is 0.290 e. The largest absolute Gasteiger partial charge is 0.380 e. The topological polar surface area (TPSA) is 58.2 Å². The van der Waals surface area contributed by atoms with Gasteiger partial charge in [-0.05, 0) is 23.9 Å². The van der Waals surface area contributed by atoms with E-state index in [1.54, 1.807) is 11.8 Å². The standard InChI is InChI=1S/C12H22N4OS/c1-4-18-8-11-12(13)17-14-16(11)15-9(2)6-5-7-10(15)3/h9-10,13H,4-8H2,1-3H3. The fourth-order valence-electron chi connectivity index (χ4n) is 2.56. The molecule has 0 saturated carbocycles. The minimum absolute atomic E-state index is 0.195. The molecule has 0 amide bonds. The average Bonchev–Trinajstić information content (AvgIpc) is 2.68. The molecule has 1 N–H and O–H groups in total. The fourth-order valence-corrected chi connectivity index (χ4v) is 3.20. The molecule has 0 radical (unpaired) electrons. The van der Waals surface area contributed by atoms with E-state index in [0.717, 1.165) is 17.2 Å². The molecule has 5 nitrogen and oxygen atoms in total. The van der Waals surface area contributed by atoms with Crippen LogP contribution in [0.3, 0.4) is 0 Å². The molecule has 1 aromatic rings. The van der Waals surface area contributed by atoms with Crippen molar-refractivity contribution in [1.29, 1.82) is 5.41 Å². The van der Waals surface area contributed by atoms with E-state index in [2.05, 4.69) is 31.1 Å². The summed E-state index contributed by atoms with van der Waals surface area (Å²) in [5, 5.41) is 14.2. The molecule has 2 unspecified atom stereocenters. The van der Waals surface area contributed by atoms with Gasteiger partial charge in [-0.15, -0.1) is 0 Å². The summed E-state index contributed by atoms with van der Waals surface area (Å²) in [5.41, 5.74) is 1.07. The zero-order chi connectivity index (χ0) is 13.1. The number of nitrogens with one attached hydrogen (secondary N) is 1. The number of piperidine rings is 1. The number of nitrogens with zero attached hydrogens (tertiary/aromatic N) is 3. The smallest absolute Gasteiger partial charge is 0.290 e. The van der Waals surface area contributed by atoms with Gasteiger partial charge in [-0.25, -0.2) is 0 Å². The maximum atomic E-state index is 7.83. The minimum Gasteiger partial charge on any atom is -0.380 e. The van der Waals surface area contributed by atoms with Crippen LogP contribution >= 0.6 is 11.8 Å². The molecule has 1 aliphatic heterocycles. The van der Waals surface area contributed by atoms with E-state index in [-0.39, 0.29) is 5.55 Å². The Bertz CT molecular complexity index is 432. The first-order valence-electron chi connectivity index (χ1n) is 6.64. The van der Waals surface area contributed by atoms with Gasteiger partial charge in [0, 0.05) is 12.1 Å². The molecule has 102 valence electrons. The Hall–Kier alpha value is -0.910. The van der Waals surface area contributed by atoms with Crippen LogP contribution in [-0.4, -0.2) is 17.8 Å². The molecular weight excluding hydrogens is 248 g/mol. The highest BCUT2D eigenvalue weighted by atomic mass is 32.2. The highest BCUT2D eigenvalue weighted by Crippen LogP contribution is 2.18. The Kier molecular flexibility index (Phi) is 4.37. The fraction of sp³-hybridized carbons (Fsp3) is 0.833. The zero-order valence-electron chi connectivity index (χ0n) is 11.3. The van der Waals surface area contributed by atoms with E-state index in [4.69, 9.17) is 9.93 Å². The number of rotatable bonds is 4. The summed E-state index contributed by atoms with van der Waals surface area (Å²) in [6.07, 6.45) is 3.62. The van der Waals surface area contributed by atoms with Gasteiger partial charge < -0.3 is 4.52 Å². The molecule has 1 fully saturated rings. The van der Waals surface area contributed by atoms with Gasteiger partial charge in [-0.3, -0.25) is 10.4 Å². The molecule has 6 heteroatoms. The van der Waals surface area contributed by atoms with Gasteiger partial charge in [0.25, 0.3) is 11.2 Å². The van der Waals surface area contributed by atoms with Gasteiger partial charge in [-0.2, -0.15) is 11.8 Å².